The zero-order valence-electron chi connectivity index (χ0n) is 9.36. The molecule has 0 aliphatic heterocycles. The molecule has 1 atom stereocenters. The maximum atomic E-state index is 11.4. The van der Waals surface area contributed by atoms with Crippen LogP contribution in [0.3, 0.4) is 0 Å². The van der Waals surface area contributed by atoms with Gasteiger partial charge in [0.1, 0.15) is 0 Å². The van der Waals surface area contributed by atoms with Crippen molar-refractivity contribution < 1.29 is 19.4 Å². The molecule has 6 heteroatoms. The number of amides is 1. The third-order valence-electron chi connectivity index (χ3n) is 3.01. The lowest BCUT2D eigenvalue weighted by molar-refractivity contribution is -0.139. The van der Waals surface area contributed by atoms with Crippen LogP contribution < -0.4 is 11.1 Å². The molecule has 1 rings (SSSR count). The maximum absolute atomic E-state index is 11.4. The van der Waals surface area contributed by atoms with Gasteiger partial charge in [-0.1, -0.05) is 0 Å². The van der Waals surface area contributed by atoms with E-state index in [-0.39, 0.29) is 12.0 Å². The lowest BCUT2D eigenvalue weighted by atomic mass is 9.80. The van der Waals surface area contributed by atoms with Gasteiger partial charge in [0.15, 0.2) is 0 Å². The van der Waals surface area contributed by atoms with E-state index in [2.05, 4.69) is 5.32 Å². The Kier molecular flexibility index (Phi) is 4.26. The number of ether oxygens (including phenoxy) is 1. The van der Waals surface area contributed by atoms with Gasteiger partial charge in [-0.3, -0.25) is 9.59 Å². The largest absolute Gasteiger partial charge is 0.481 e. The molecule has 4 N–H and O–H groups in total. The van der Waals surface area contributed by atoms with Gasteiger partial charge in [-0.15, -0.1) is 0 Å². The van der Waals surface area contributed by atoms with Crippen LogP contribution in [0, 0.1) is 0 Å². The Hall–Kier alpha value is -1.14. The second kappa shape index (κ2) is 5.27. The van der Waals surface area contributed by atoms with Gasteiger partial charge in [-0.25, -0.2) is 0 Å². The first-order valence-electron chi connectivity index (χ1n) is 5.29. The van der Waals surface area contributed by atoms with Crippen molar-refractivity contribution in [1.82, 2.24) is 5.32 Å². The second-order valence-electron chi connectivity index (χ2n) is 4.16. The number of carbonyl (C=O) groups excluding carboxylic acids is 1. The molecule has 0 aromatic rings. The Balaban J connectivity index is 2.31. The van der Waals surface area contributed by atoms with Crippen LogP contribution in [0.25, 0.3) is 0 Å². The molecule has 0 heterocycles. The Labute approximate surface area is 94.1 Å². The number of rotatable bonds is 6. The number of carboxylic acid groups (broad SMARTS) is 1. The summed E-state index contributed by atoms with van der Waals surface area (Å²) in [5.41, 5.74) is 5.15. The van der Waals surface area contributed by atoms with Gasteiger partial charge < -0.3 is 20.9 Å². The molecule has 16 heavy (non-hydrogen) atoms. The lowest BCUT2D eigenvalue weighted by Crippen LogP contribution is -2.52. The van der Waals surface area contributed by atoms with Crippen LogP contribution in [-0.4, -0.2) is 42.3 Å². The predicted octanol–water partition coefficient (Wildman–Crippen LogP) is -0.526. The van der Waals surface area contributed by atoms with Crippen LogP contribution in [0.15, 0.2) is 0 Å². The SMILES string of the molecule is COC1(CNC(=O)C(N)CC(=O)O)CCC1. The van der Waals surface area contributed by atoms with Crippen molar-refractivity contribution in [2.24, 2.45) is 5.73 Å². The molecular formula is C10H18N2O4. The van der Waals surface area contributed by atoms with Gasteiger partial charge in [0.25, 0.3) is 0 Å². The fraction of sp³-hybridized carbons (Fsp3) is 0.800. The minimum absolute atomic E-state index is 0.265. The maximum Gasteiger partial charge on any atom is 0.305 e. The molecule has 0 aromatic carbocycles. The van der Waals surface area contributed by atoms with Gasteiger partial charge in [-0.05, 0) is 19.3 Å². The third kappa shape index (κ3) is 3.18. The first kappa shape index (κ1) is 12.9. The number of methoxy groups -OCH3 is 1. The number of nitrogens with two attached hydrogens (primary N) is 1. The number of nitrogens with one attached hydrogen (secondary N) is 1. The Morgan fingerprint density at radius 2 is 2.19 bits per heavy atom. The Morgan fingerprint density at radius 1 is 1.56 bits per heavy atom. The number of carboxylic acids is 1. The molecule has 0 bridgehead atoms. The van der Waals surface area contributed by atoms with E-state index in [1.165, 1.54) is 0 Å². The summed E-state index contributed by atoms with van der Waals surface area (Å²) in [6.07, 6.45) is 2.56. The third-order valence-corrected chi connectivity index (χ3v) is 3.01. The number of hydrogen-bond donors (Lipinski definition) is 3. The van der Waals surface area contributed by atoms with Gasteiger partial charge in [0.2, 0.25) is 5.91 Å². The van der Waals surface area contributed by atoms with Crippen LogP contribution in [0.4, 0.5) is 0 Å². The van der Waals surface area contributed by atoms with Crippen LogP contribution in [0.5, 0.6) is 0 Å². The lowest BCUT2D eigenvalue weighted by Gasteiger charge is -2.40. The monoisotopic (exact) mass is 230 g/mol. The summed E-state index contributed by atoms with van der Waals surface area (Å²) in [6.45, 7) is 0.398. The Bertz CT molecular complexity index is 270. The molecule has 1 unspecified atom stereocenters. The summed E-state index contributed by atoms with van der Waals surface area (Å²) in [7, 11) is 1.61. The second-order valence-corrected chi connectivity index (χ2v) is 4.16. The predicted molar refractivity (Wildman–Crippen MR) is 56.8 cm³/mol. The highest BCUT2D eigenvalue weighted by Gasteiger charge is 2.37. The first-order chi connectivity index (χ1) is 7.49. The molecule has 0 spiro atoms. The summed E-state index contributed by atoms with van der Waals surface area (Å²) in [6, 6.07) is -0.994. The van der Waals surface area contributed by atoms with Crippen LogP contribution in [-0.2, 0) is 14.3 Å². The summed E-state index contributed by atoms with van der Waals surface area (Å²) < 4.78 is 5.31. The molecule has 6 nitrogen and oxygen atoms in total. The molecular weight excluding hydrogens is 212 g/mol. The zero-order chi connectivity index (χ0) is 12.2. The molecule has 0 radical (unpaired) electrons. The summed E-state index contributed by atoms with van der Waals surface area (Å²) in [5, 5.41) is 11.1. The molecule has 1 amide bonds. The van der Waals surface area contributed by atoms with Gasteiger partial charge in [0.05, 0.1) is 18.1 Å². The number of aliphatic carboxylic acids is 1. The van der Waals surface area contributed by atoms with Crippen molar-refractivity contribution in [1.29, 1.82) is 0 Å². The molecule has 1 aliphatic rings. The van der Waals surface area contributed by atoms with Crippen molar-refractivity contribution in [3.05, 3.63) is 0 Å². The highest BCUT2D eigenvalue weighted by molar-refractivity contribution is 5.85. The molecule has 1 fully saturated rings. The fourth-order valence-corrected chi connectivity index (χ4v) is 1.68. The zero-order valence-corrected chi connectivity index (χ0v) is 9.36. The van der Waals surface area contributed by atoms with Crippen molar-refractivity contribution in [2.45, 2.75) is 37.3 Å². The van der Waals surface area contributed by atoms with Crippen molar-refractivity contribution >= 4 is 11.9 Å². The highest BCUT2D eigenvalue weighted by atomic mass is 16.5. The highest BCUT2D eigenvalue weighted by Crippen LogP contribution is 2.34. The van der Waals surface area contributed by atoms with Crippen molar-refractivity contribution in [2.75, 3.05) is 13.7 Å². The van der Waals surface area contributed by atoms with Crippen molar-refractivity contribution in [3.63, 3.8) is 0 Å². The van der Waals surface area contributed by atoms with Crippen LogP contribution in [0.1, 0.15) is 25.7 Å². The molecule has 1 saturated carbocycles. The van der Waals surface area contributed by atoms with E-state index in [1.807, 2.05) is 0 Å². The van der Waals surface area contributed by atoms with Gasteiger partial charge >= 0.3 is 5.97 Å². The summed E-state index contributed by atoms with van der Waals surface area (Å²) in [4.78, 5) is 21.8. The normalized spacial score (nSPS) is 19.6. The fourth-order valence-electron chi connectivity index (χ4n) is 1.68. The van der Waals surface area contributed by atoms with E-state index in [4.69, 9.17) is 15.6 Å². The van der Waals surface area contributed by atoms with E-state index in [1.54, 1.807) is 7.11 Å². The molecule has 0 saturated heterocycles. The smallest absolute Gasteiger partial charge is 0.305 e. The minimum Gasteiger partial charge on any atom is -0.481 e. The average molecular weight is 230 g/mol. The standard InChI is InChI=1S/C10H18N2O4/c1-16-10(3-2-4-10)6-12-9(15)7(11)5-8(13)14/h7H,2-6,11H2,1H3,(H,12,15)(H,13,14). The molecule has 0 aromatic heterocycles. The number of carbonyl (C=O) groups is 2. The molecule has 92 valence electrons. The first-order valence-corrected chi connectivity index (χ1v) is 5.29. The quantitative estimate of drug-likeness (QED) is 0.569. The van der Waals surface area contributed by atoms with Gasteiger partial charge in [-0.2, -0.15) is 0 Å². The molecule has 1 aliphatic carbocycles. The summed E-state index contributed by atoms with van der Waals surface area (Å²) in [5.74, 6) is -1.52. The topological polar surface area (TPSA) is 102 Å². The van der Waals surface area contributed by atoms with E-state index in [0.29, 0.717) is 6.54 Å². The number of hydrogen-bond acceptors (Lipinski definition) is 4. The van der Waals surface area contributed by atoms with E-state index < -0.39 is 17.9 Å². The van der Waals surface area contributed by atoms with Gasteiger partial charge in [0, 0.05) is 13.7 Å². The van der Waals surface area contributed by atoms with Crippen molar-refractivity contribution in [3.8, 4) is 0 Å². The van der Waals surface area contributed by atoms with Crippen LogP contribution in [0.2, 0.25) is 0 Å². The minimum atomic E-state index is -1.08. The van der Waals surface area contributed by atoms with E-state index in [0.717, 1.165) is 19.3 Å². The average Bonchev–Trinajstić information content (AvgIpc) is 2.15. The van der Waals surface area contributed by atoms with E-state index in [9.17, 15) is 9.59 Å². The van der Waals surface area contributed by atoms with E-state index >= 15 is 0 Å². The van der Waals surface area contributed by atoms with Crippen LogP contribution >= 0.6 is 0 Å². The summed E-state index contributed by atoms with van der Waals surface area (Å²) >= 11 is 0. The Morgan fingerprint density at radius 3 is 2.56 bits per heavy atom.